The van der Waals surface area contributed by atoms with Gasteiger partial charge in [-0.25, -0.2) is 0 Å². The van der Waals surface area contributed by atoms with Crippen LogP contribution < -0.4 is 5.32 Å². The van der Waals surface area contributed by atoms with Crippen LogP contribution in [0.15, 0.2) is 36.4 Å². The van der Waals surface area contributed by atoms with Crippen LogP contribution in [0.5, 0.6) is 0 Å². The zero-order valence-electron chi connectivity index (χ0n) is 10.3. The van der Waals surface area contributed by atoms with Gasteiger partial charge >= 0.3 is 0 Å². The molecule has 0 radical (unpaired) electrons. The van der Waals surface area contributed by atoms with Crippen molar-refractivity contribution in [1.82, 2.24) is 5.32 Å². The highest BCUT2D eigenvalue weighted by atomic mass is 35.5. The first-order chi connectivity index (χ1) is 9.58. The molecule has 1 aromatic carbocycles. The number of carbonyl (C=O) groups is 1. The van der Waals surface area contributed by atoms with E-state index in [2.05, 4.69) is 5.32 Å². The maximum absolute atomic E-state index is 11.8. The van der Waals surface area contributed by atoms with Gasteiger partial charge in [-0.3, -0.25) is 14.9 Å². The second-order valence-electron chi connectivity index (χ2n) is 4.02. The lowest BCUT2D eigenvalue weighted by atomic mass is 10.1. The first kappa shape index (κ1) is 14.5. The molecule has 0 spiro atoms. The minimum absolute atomic E-state index is 0.0169. The van der Waals surface area contributed by atoms with E-state index in [9.17, 15) is 14.9 Å². The maximum atomic E-state index is 11.8. The number of hydrogen-bond acceptors (Lipinski definition) is 4. The van der Waals surface area contributed by atoms with Crippen LogP contribution in [0.2, 0.25) is 4.34 Å². The second-order valence-corrected chi connectivity index (χ2v) is 5.67. The number of halogens is 1. The van der Waals surface area contributed by atoms with Gasteiger partial charge in [-0.1, -0.05) is 41.9 Å². The first-order valence-corrected chi connectivity index (χ1v) is 7.03. The first-order valence-electron chi connectivity index (χ1n) is 5.84. The zero-order chi connectivity index (χ0) is 14.5. The normalized spacial score (nSPS) is 10.2. The molecule has 2 aromatic rings. The lowest BCUT2D eigenvalue weighted by Crippen LogP contribution is -2.24. The smallest absolute Gasteiger partial charge is 0.299 e. The fraction of sp³-hybridized carbons (Fsp3) is 0.154. The zero-order valence-corrected chi connectivity index (χ0v) is 11.9. The van der Waals surface area contributed by atoms with Crippen LogP contribution in [-0.4, -0.2) is 17.4 Å². The summed E-state index contributed by atoms with van der Waals surface area (Å²) in [6, 6.07) is 10.9. The van der Waals surface area contributed by atoms with Crippen molar-refractivity contribution in [2.75, 3.05) is 6.54 Å². The Labute approximate surface area is 124 Å². The minimum atomic E-state index is -0.598. The molecule has 0 fully saturated rings. The fourth-order valence-corrected chi connectivity index (χ4v) is 2.79. The fourth-order valence-electron chi connectivity index (χ4n) is 1.65. The van der Waals surface area contributed by atoms with Crippen molar-refractivity contribution in [2.24, 2.45) is 0 Å². The van der Waals surface area contributed by atoms with E-state index in [0.29, 0.717) is 13.0 Å². The molecule has 0 bridgehead atoms. The van der Waals surface area contributed by atoms with Crippen molar-refractivity contribution in [3.05, 3.63) is 61.3 Å². The second kappa shape index (κ2) is 6.49. The third kappa shape index (κ3) is 3.55. The third-order valence-electron chi connectivity index (χ3n) is 2.63. The Morgan fingerprint density at radius 3 is 2.65 bits per heavy atom. The molecular formula is C13H11ClN2O3S. The van der Waals surface area contributed by atoms with Gasteiger partial charge in [0.05, 0.1) is 4.92 Å². The van der Waals surface area contributed by atoms with Gasteiger partial charge in [0.25, 0.3) is 11.6 Å². The summed E-state index contributed by atoms with van der Waals surface area (Å²) in [5.74, 6) is -0.346. The Balaban J connectivity index is 1.92. The van der Waals surface area contributed by atoms with Gasteiger partial charge in [0.2, 0.25) is 0 Å². The van der Waals surface area contributed by atoms with E-state index in [-0.39, 0.29) is 20.8 Å². The molecule has 5 nitrogen and oxygen atoms in total. The molecule has 0 unspecified atom stereocenters. The van der Waals surface area contributed by atoms with E-state index in [1.54, 1.807) is 0 Å². The van der Waals surface area contributed by atoms with E-state index < -0.39 is 4.92 Å². The molecule has 20 heavy (non-hydrogen) atoms. The number of hydrogen-bond donors (Lipinski definition) is 1. The molecule has 1 aromatic heterocycles. The number of amides is 1. The number of carbonyl (C=O) groups excluding carboxylic acids is 1. The summed E-state index contributed by atoms with van der Waals surface area (Å²) in [6.45, 7) is 0.464. The molecule has 0 saturated heterocycles. The number of nitrogens with zero attached hydrogens (tertiary/aromatic N) is 1. The average molecular weight is 311 g/mol. The molecule has 104 valence electrons. The van der Waals surface area contributed by atoms with Crippen LogP contribution in [-0.2, 0) is 6.42 Å². The summed E-state index contributed by atoms with van der Waals surface area (Å²) in [7, 11) is 0. The highest BCUT2D eigenvalue weighted by Gasteiger charge is 2.20. The molecule has 1 heterocycles. The maximum Gasteiger partial charge on any atom is 0.299 e. The van der Waals surface area contributed by atoms with E-state index >= 15 is 0 Å². The van der Waals surface area contributed by atoms with Gasteiger partial charge in [0, 0.05) is 12.6 Å². The van der Waals surface area contributed by atoms with Crippen LogP contribution >= 0.6 is 22.9 Å². The lowest BCUT2D eigenvalue weighted by Gasteiger charge is -2.03. The Morgan fingerprint density at radius 2 is 2.05 bits per heavy atom. The number of thiophene rings is 1. The SMILES string of the molecule is O=C(NCCc1ccccc1)c1cc([N+](=O)[O-])c(Cl)s1. The summed E-state index contributed by atoms with van der Waals surface area (Å²) >= 11 is 6.62. The quantitative estimate of drug-likeness (QED) is 0.680. The molecule has 0 aliphatic carbocycles. The third-order valence-corrected chi connectivity index (χ3v) is 3.97. The summed E-state index contributed by atoms with van der Waals surface area (Å²) < 4.78 is 0.0169. The van der Waals surface area contributed by atoms with E-state index in [1.165, 1.54) is 6.07 Å². The summed E-state index contributed by atoms with van der Waals surface area (Å²) in [5.41, 5.74) is 0.882. The van der Waals surface area contributed by atoms with Crippen molar-refractivity contribution in [3.63, 3.8) is 0 Å². The molecule has 0 atom stereocenters. The van der Waals surface area contributed by atoms with E-state index in [0.717, 1.165) is 16.9 Å². The van der Waals surface area contributed by atoms with Crippen molar-refractivity contribution in [2.45, 2.75) is 6.42 Å². The summed E-state index contributed by atoms with van der Waals surface area (Å²) in [5, 5.41) is 13.4. The molecule has 0 aliphatic heterocycles. The Morgan fingerprint density at radius 1 is 1.35 bits per heavy atom. The van der Waals surface area contributed by atoms with Crippen LogP contribution in [0.1, 0.15) is 15.2 Å². The molecular weight excluding hydrogens is 300 g/mol. The summed E-state index contributed by atoms with van der Waals surface area (Å²) in [6.07, 6.45) is 0.702. The van der Waals surface area contributed by atoms with Crippen LogP contribution in [0.4, 0.5) is 5.69 Å². The largest absolute Gasteiger partial charge is 0.351 e. The van der Waals surface area contributed by atoms with Crippen LogP contribution in [0.3, 0.4) is 0 Å². The topological polar surface area (TPSA) is 72.2 Å². The van der Waals surface area contributed by atoms with Crippen molar-refractivity contribution < 1.29 is 9.72 Å². The monoisotopic (exact) mass is 310 g/mol. The molecule has 0 saturated carbocycles. The van der Waals surface area contributed by atoms with Crippen LogP contribution in [0.25, 0.3) is 0 Å². The van der Waals surface area contributed by atoms with E-state index in [4.69, 9.17) is 11.6 Å². The van der Waals surface area contributed by atoms with Gasteiger partial charge < -0.3 is 5.32 Å². The molecule has 7 heteroatoms. The van der Waals surface area contributed by atoms with Crippen molar-refractivity contribution in [1.29, 1.82) is 0 Å². The lowest BCUT2D eigenvalue weighted by molar-refractivity contribution is -0.384. The van der Waals surface area contributed by atoms with Gasteiger partial charge in [-0.05, 0) is 12.0 Å². The van der Waals surface area contributed by atoms with Crippen molar-refractivity contribution in [3.8, 4) is 0 Å². The molecule has 2 rings (SSSR count). The van der Waals surface area contributed by atoms with Gasteiger partial charge in [-0.2, -0.15) is 0 Å². The number of benzene rings is 1. The highest BCUT2D eigenvalue weighted by Crippen LogP contribution is 2.33. The van der Waals surface area contributed by atoms with Gasteiger partial charge in [0.1, 0.15) is 4.88 Å². The molecule has 1 N–H and O–H groups in total. The molecule has 0 aliphatic rings. The van der Waals surface area contributed by atoms with Crippen molar-refractivity contribution >= 4 is 34.5 Å². The number of nitro groups is 1. The Bertz CT molecular complexity index is 628. The molecule has 1 amide bonds. The Kier molecular flexibility index (Phi) is 4.70. The number of nitrogens with one attached hydrogen (secondary N) is 1. The van der Waals surface area contributed by atoms with Gasteiger partial charge in [-0.15, -0.1) is 11.3 Å². The Hall–Kier alpha value is -1.92. The summed E-state index contributed by atoms with van der Waals surface area (Å²) in [4.78, 5) is 22.1. The average Bonchev–Trinajstić information content (AvgIpc) is 2.82. The van der Waals surface area contributed by atoms with Gasteiger partial charge in [0.15, 0.2) is 4.34 Å². The van der Waals surface area contributed by atoms with Crippen LogP contribution in [0, 0.1) is 10.1 Å². The standard InChI is InChI=1S/C13H11ClN2O3S/c14-12-10(16(18)19)8-11(20-12)13(17)15-7-6-9-4-2-1-3-5-9/h1-5,8H,6-7H2,(H,15,17). The minimum Gasteiger partial charge on any atom is -0.351 e. The number of rotatable bonds is 5. The predicted octanol–water partition coefficient (Wildman–Crippen LogP) is 3.28. The predicted molar refractivity (Wildman–Crippen MR) is 78.5 cm³/mol. The highest BCUT2D eigenvalue weighted by molar-refractivity contribution is 7.18. The van der Waals surface area contributed by atoms with E-state index in [1.807, 2.05) is 30.3 Å².